The predicted molar refractivity (Wildman–Crippen MR) is 108 cm³/mol. The van der Waals surface area contributed by atoms with Gasteiger partial charge in [-0.2, -0.15) is 0 Å². The van der Waals surface area contributed by atoms with E-state index >= 15 is 0 Å². The number of hydrogen-bond donors (Lipinski definition) is 1. The summed E-state index contributed by atoms with van der Waals surface area (Å²) >= 11 is 0. The van der Waals surface area contributed by atoms with Gasteiger partial charge in [0.2, 0.25) is 0 Å². The van der Waals surface area contributed by atoms with E-state index in [9.17, 15) is 0 Å². The molecule has 0 aromatic heterocycles. The van der Waals surface area contributed by atoms with Crippen LogP contribution >= 0.6 is 0 Å². The summed E-state index contributed by atoms with van der Waals surface area (Å²) in [7, 11) is 0. The van der Waals surface area contributed by atoms with Crippen molar-refractivity contribution in [1.29, 1.82) is 0 Å². The third kappa shape index (κ3) is 3.10. The van der Waals surface area contributed by atoms with Crippen LogP contribution in [0.15, 0.2) is 36.4 Å². The standard InChI is InChI=1S/C24H31NO/c1-16-6-8-20(9-7-16)23-24(10-5-11-25-23)14-21(15-26-24)22-13-17(2)12-18(3)19(22)4/h6-9,12-13,21,23,25H,5,10-11,14-15H2,1-4H3. The topological polar surface area (TPSA) is 21.3 Å². The first-order valence-electron chi connectivity index (χ1n) is 10.0. The van der Waals surface area contributed by atoms with Crippen molar-refractivity contribution < 1.29 is 4.74 Å². The zero-order valence-electron chi connectivity index (χ0n) is 16.6. The number of aryl methyl sites for hydroxylation is 3. The van der Waals surface area contributed by atoms with E-state index in [2.05, 4.69) is 69.4 Å². The molecule has 3 unspecified atom stereocenters. The molecule has 1 spiro atoms. The van der Waals surface area contributed by atoms with E-state index in [1.807, 2.05) is 0 Å². The number of rotatable bonds is 2. The molecule has 0 saturated carbocycles. The van der Waals surface area contributed by atoms with E-state index < -0.39 is 0 Å². The Hall–Kier alpha value is -1.64. The fourth-order valence-corrected chi connectivity index (χ4v) is 5.02. The second-order valence-electron chi connectivity index (χ2n) is 8.47. The molecule has 2 aliphatic rings. The van der Waals surface area contributed by atoms with Gasteiger partial charge in [0.15, 0.2) is 0 Å². The van der Waals surface area contributed by atoms with Gasteiger partial charge in [0.1, 0.15) is 0 Å². The second kappa shape index (κ2) is 6.83. The fourth-order valence-electron chi connectivity index (χ4n) is 5.02. The lowest BCUT2D eigenvalue weighted by Crippen LogP contribution is -2.48. The van der Waals surface area contributed by atoms with Gasteiger partial charge in [-0.3, -0.25) is 0 Å². The highest BCUT2D eigenvalue weighted by Gasteiger charge is 2.48. The number of nitrogens with one attached hydrogen (secondary N) is 1. The van der Waals surface area contributed by atoms with Gasteiger partial charge in [0.25, 0.3) is 0 Å². The molecule has 26 heavy (non-hydrogen) atoms. The average molecular weight is 350 g/mol. The minimum atomic E-state index is -0.0672. The SMILES string of the molecule is Cc1ccc(C2NCCCC23CC(c2cc(C)cc(C)c2C)CO3)cc1. The van der Waals surface area contributed by atoms with Crippen LogP contribution in [-0.4, -0.2) is 18.8 Å². The highest BCUT2D eigenvalue weighted by molar-refractivity contribution is 5.40. The van der Waals surface area contributed by atoms with Crippen molar-refractivity contribution >= 4 is 0 Å². The van der Waals surface area contributed by atoms with Gasteiger partial charge in [0, 0.05) is 5.92 Å². The summed E-state index contributed by atoms with van der Waals surface area (Å²) in [6, 6.07) is 14.0. The lowest BCUT2D eigenvalue weighted by atomic mass is 9.76. The quantitative estimate of drug-likeness (QED) is 0.795. The molecule has 0 bridgehead atoms. The van der Waals surface area contributed by atoms with Crippen LogP contribution in [0.1, 0.15) is 64.6 Å². The second-order valence-corrected chi connectivity index (χ2v) is 8.47. The van der Waals surface area contributed by atoms with Crippen LogP contribution in [0.25, 0.3) is 0 Å². The molecule has 2 fully saturated rings. The summed E-state index contributed by atoms with van der Waals surface area (Å²) < 4.78 is 6.62. The first kappa shape index (κ1) is 17.8. The van der Waals surface area contributed by atoms with Gasteiger partial charge in [0.05, 0.1) is 18.2 Å². The van der Waals surface area contributed by atoms with Crippen molar-refractivity contribution in [3.8, 4) is 0 Å². The normalized spacial score (nSPS) is 28.6. The first-order valence-corrected chi connectivity index (χ1v) is 10.0. The molecule has 1 N–H and O–H groups in total. The zero-order valence-corrected chi connectivity index (χ0v) is 16.6. The van der Waals surface area contributed by atoms with E-state index in [0.29, 0.717) is 12.0 Å². The van der Waals surface area contributed by atoms with E-state index in [1.165, 1.54) is 39.8 Å². The smallest absolute Gasteiger partial charge is 0.0883 e. The Kier molecular flexibility index (Phi) is 4.66. The summed E-state index contributed by atoms with van der Waals surface area (Å²) in [5.41, 5.74) is 8.31. The van der Waals surface area contributed by atoms with E-state index in [-0.39, 0.29) is 5.60 Å². The molecule has 2 nitrogen and oxygen atoms in total. The Balaban J connectivity index is 1.65. The maximum Gasteiger partial charge on any atom is 0.0883 e. The van der Waals surface area contributed by atoms with Crippen molar-refractivity contribution in [3.05, 3.63) is 69.8 Å². The molecule has 138 valence electrons. The summed E-state index contributed by atoms with van der Waals surface area (Å²) in [5, 5.41) is 3.77. The first-order chi connectivity index (χ1) is 12.5. The molecule has 2 aliphatic heterocycles. The molecular weight excluding hydrogens is 318 g/mol. The van der Waals surface area contributed by atoms with E-state index in [1.54, 1.807) is 0 Å². The monoisotopic (exact) mass is 349 g/mol. The van der Waals surface area contributed by atoms with Gasteiger partial charge < -0.3 is 10.1 Å². The molecule has 0 radical (unpaired) electrons. The van der Waals surface area contributed by atoms with Crippen molar-refractivity contribution in [2.24, 2.45) is 0 Å². The largest absolute Gasteiger partial charge is 0.372 e. The summed E-state index contributed by atoms with van der Waals surface area (Å²) in [6.45, 7) is 10.8. The molecule has 2 saturated heterocycles. The Bertz CT molecular complexity index is 795. The summed E-state index contributed by atoms with van der Waals surface area (Å²) in [5.74, 6) is 0.501. The lowest BCUT2D eigenvalue weighted by molar-refractivity contribution is -0.0484. The van der Waals surface area contributed by atoms with Crippen molar-refractivity contribution in [1.82, 2.24) is 5.32 Å². The fraction of sp³-hybridized carbons (Fsp3) is 0.500. The summed E-state index contributed by atoms with van der Waals surface area (Å²) in [6.07, 6.45) is 3.46. The molecule has 2 heteroatoms. The van der Waals surface area contributed by atoms with Crippen LogP contribution in [0, 0.1) is 27.7 Å². The van der Waals surface area contributed by atoms with Crippen molar-refractivity contribution in [2.75, 3.05) is 13.2 Å². The Morgan fingerprint density at radius 3 is 2.54 bits per heavy atom. The van der Waals surface area contributed by atoms with Gasteiger partial charge in [-0.1, -0.05) is 47.5 Å². The van der Waals surface area contributed by atoms with Gasteiger partial charge in [-0.25, -0.2) is 0 Å². The van der Waals surface area contributed by atoms with Crippen molar-refractivity contribution in [3.63, 3.8) is 0 Å². The molecule has 3 atom stereocenters. The number of hydrogen-bond acceptors (Lipinski definition) is 2. The van der Waals surface area contributed by atoms with Crippen LogP contribution < -0.4 is 5.32 Å². The lowest BCUT2D eigenvalue weighted by Gasteiger charge is -2.42. The van der Waals surface area contributed by atoms with Crippen molar-refractivity contribution in [2.45, 2.75) is 64.5 Å². The van der Waals surface area contributed by atoms with Gasteiger partial charge >= 0.3 is 0 Å². The Morgan fingerprint density at radius 1 is 1.00 bits per heavy atom. The third-order valence-electron chi connectivity index (χ3n) is 6.52. The average Bonchev–Trinajstić information content (AvgIpc) is 3.03. The molecule has 2 aromatic carbocycles. The molecule has 0 aliphatic carbocycles. The summed E-state index contributed by atoms with van der Waals surface area (Å²) in [4.78, 5) is 0. The maximum absolute atomic E-state index is 6.62. The third-order valence-corrected chi connectivity index (χ3v) is 6.52. The Morgan fingerprint density at radius 2 is 1.77 bits per heavy atom. The zero-order chi connectivity index (χ0) is 18.3. The van der Waals surface area contributed by atoms with Crippen LogP contribution in [0.5, 0.6) is 0 Å². The maximum atomic E-state index is 6.62. The predicted octanol–water partition coefficient (Wildman–Crippen LogP) is 5.29. The van der Waals surface area contributed by atoms with Gasteiger partial charge in [-0.15, -0.1) is 0 Å². The van der Waals surface area contributed by atoms with Crippen LogP contribution in [-0.2, 0) is 4.74 Å². The number of ether oxygens (including phenoxy) is 1. The Labute approximate surface area is 158 Å². The number of piperidine rings is 1. The van der Waals surface area contributed by atoms with E-state index in [4.69, 9.17) is 4.74 Å². The molecule has 0 amide bonds. The molecular formula is C24H31NO. The molecule has 2 heterocycles. The molecule has 2 aromatic rings. The minimum Gasteiger partial charge on any atom is -0.372 e. The number of benzene rings is 2. The van der Waals surface area contributed by atoms with Crippen LogP contribution in [0.2, 0.25) is 0 Å². The highest BCUT2D eigenvalue weighted by atomic mass is 16.5. The van der Waals surface area contributed by atoms with Crippen LogP contribution in [0.3, 0.4) is 0 Å². The van der Waals surface area contributed by atoms with E-state index in [0.717, 1.165) is 26.0 Å². The highest BCUT2D eigenvalue weighted by Crippen LogP contribution is 2.48. The molecule has 4 rings (SSSR count). The minimum absolute atomic E-state index is 0.0672. The van der Waals surface area contributed by atoms with Gasteiger partial charge in [-0.05, 0) is 75.8 Å². The van der Waals surface area contributed by atoms with Crippen LogP contribution in [0.4, 0.5) is 0 Å².